The van der Waals surface area contributed by atoms with Crippen LogP contribution in [0.4, 0.5) is 0 Å². The summed E-state index contributed by atoms with van der Waals surface area (Å²) in [5.74, 6) is 1.83. The number of guanidine groups is 1. The van der Waals surface area contributed by atoms with Crippen LogP contribution in [0, 0.1) is 12.8 Å². The molecule has 1 aromatic rings. The Bertz CT molecular complexity index is 441. The molecule has 6 heteroatoms. The topological polar surface area (TPSA) is 49.3 Å². The first kappa shape index (κ1) is 19.7. The molecule has 1 aliphatic rings. The second-order valence-corrected chi connectivity index (χ2v) is 7.10. The van der Waals surface area contributed by atoms with Crippen molar-refractivity contribution in [2.45, 2.75) is 58.9 Å². The Morgan fingerprint density at radius 2 is 2.09 bits per heavy atom. The van der Waals surface area contributed by atoms with Crippen LogP contribution in [0.5, 0.6) is 0 Å². The summed E-state index contributed by atoms with van der Waals surface area (Å²) >= 11 is 1.72. The van der Waals surface area contributed by atoms with Gasteiger partial charge in [-0.15, -0.1) is 35.3 Å². The standard InChI is InChI=1S/C16H28N4S.HI/c1-3-17-16(20-12-15-19-11-13(2)21-15)18-10-9-14-7-5-4-6-8-14;/h11,14H,3-10,12H2,1-2H3,(H2,17,18,20);1H. The van der Waals surface area contributed by atoms with E-state index in [1.165, 1.54) is 43.4 Å². The van der Waals surface area contributed by atoms with E-state index in [2.05, 4.69) is 34.5 Å². The van der Waals surface area contributed by atoms with Crippen molar-refractivity contribution in [3.63, 3.8) is 0 Å². The van der Waals surface area contributed by atoms with Crippen molar-refractivity contribution in [3.8, 4) is 0 Å². The number of rotatable bonds is 6. The predicted molar refractivity (Wildman–Crippen MR) is 106 cm³/mol. The zero-order valence-electron chi connectivity index (χ0n) is 13.7. The number of hydrogen-bond donors (Lipinski definition) is 2. The molecule has 0 unspecified atom stereocenters. The summed E-state index contributed by atoms with van der Waals surface area (Å²) in [5.41, 5.74) is 0. The van der Waals surface area contributed by atoms with Gasteiger partial charge in [0.2, 0.25) is 0 Å². The summed E-state index contributed by atoms with van der Waals surface area (Å²) in [6.45, 7) is 6.77. The highest BCUT2D eigenvalue weighted by Crippen LogP contribution is 2.25. The Labute approximate surface area is 155 Å². The summed E-state index contributed by atoms with van der Waals surface area (Å²) in [7, 11) is 0. The van der Waals surface area contributed by atoms with Crippen molar-refractivity contribution in [1.29, 1.82) is 0 Å². The van der Waals surface area contributed by atoms with Crippen LogP contribution in [-0.4, -0.2) is 24.0 Å². The third kappa shape index (κ3) is 7.26. The SMILES string of the molecule is CCNC(=NCc1ncc(C)s1)NCCC1CCCCC1.I. The van der Waals surface area contributed by atoms with Crippen molar-refractivity contribution >= 4 is 41.3 Å². The van der Waals surface area contributed by atoms with Crippen LogP contribution >= 0.6 is 35.3 Å². The lowest BCUT2D eigenvalue weighted by molar-refractivity contribution is 0.339. The van der Waals surface area contributed by atoms with Crippen molar-refractivity contribution in [1.82, 2.24) is 15.6 Å². The quantitative estimate of drug-likeness (QED) is 0.401. The molecule has 0 aromatic carbocycles. The highest BCUT2D eigenvalue weighted by atomic mass is 127. The molecule has 1 aromatic heterocycles. The molecule has 0 aliphatic heterocycles. The molecule has 0 atom stereocenters. The predicted octanol–water partition coefficient (Wildman–Crippen LogP) is 4.10. The fourth-order valence-electron chi connectivity index (χ4n) is 2.83. The van der Waals surface area contributed by atoms with E-state index >= 15 is 0 Å². The van der Waals surface area contributed by atoms with Crippen LogP contribution < -0.4 is 10.6 Å². The molecule has 1 fully saturated rings. The number of aryl methyl sites for hydroxylation is 1. The minimum absolute atomic E-state index is 0. The number of aromatic nitrogens is 1. The van der Waals surface area contributed by atoms with Gasteiger partial charge in [0.05, 0.1) is 6.54 Å². The molecule has 4 nitrogen and oxygen atoms in total. The first-order chi connectivity index (χ1) is 10.3. The van der Waals surface area contributed by atoms with E-state index < -0.39 is 0 Å². The van der Waals surface area contributed by atoms with E-state index in [-0.39, 0.29) is 24.0 Å². The van der Waals surface area contributed by atoms with E-state index in [9.17, 15) is 0 Å². The van der Waals surface area contributed by atoms with E-state index in [4.69, 9.17) is 0 Å². The monoisotopic (exact) mass is 436 g/mol. The van der Waals surface area contributed by atoms with E-state index in [1.807, 2.05) is 6.20 Å². The molecule has 0 spiro atoms. The van der Waals surface area contributed by atoms with Gasteiger partial charge in [0.1, 0.15) is 5.01 Å². The second kappa shape index (κ2) is 11.2. The maximum Gasteiger partial charge on any atom is 0.191 e. The lowest BCUT2D eigenvalue weighted by atomic mass is 9.87. The lowest BCUT2D eigenvalue weighted by Gasteiger charge is -2.22. The van der Waals surface area contributed by atoms with Crippen molar-refractivity contribution in [2.75, 3.05) is 13.1 Å². The first-order valence-corrected chi connectivity index (χ1v) is 9.03. The van der Waals surface area contributed by atoms with Gasteiger partial charge >= 0.3 is 0 Å². The maximum absolute atomic E-state index is 4.62. The normalized spacial score (nSPS) is 16.2. The van der Waals surface area contributed by atoms with Crippen LogP contribution in [0.25, 0.3) is 0 Å². The minimum atomic E-state index is 0. The number of nitrogens with zero attached hydrogens (tertiary/aromatic N) is 2. The smallest absolute Gasteiger partial charge is 0.191 e. The molecule has 0 bridgehead atoms. The number of halogens is 1. The molecule has 22 heavy (non-hydrogen) atoms. The van der Waals surface area contributed by atoms with Crippen LogP contribution in [0.3, 0.4) is 0 Å². The molecule has 126 valence electrons. The van der Waals surface area contributed by atoms with Gasteiger partial charge in [-0.1, -0.05) is 32.1 Å². The zero-order valence-corrected chi connectivity index (χ0v) is 16.9. The average Bonchev–Trinajstić information content (AvgIpc) is 2.91. The van der Waals surface area contributed by atoms with Crippen LogP contribution in [0.2, 0.25) is 0 Å². The van der Waals surface area contributed by atoms with Crippen LogP contribution in [0.1, 0.15) is 55.3 Å². The molecule has 2 rings (SSSR count). The molecule has 0 saturated heterocycles. The molecule has 2 N–H and O–H groups in total. The van der Waals surface area contributed by atoms with Crippen molar-refractivity contribution in [3.05, 3.63) is 16.1 Å². The van der Waals surface area contributed by atoms with Gasteiger partial charge in [0.25, 0.3) is 0 Å². The van der Waals surface area contributed by atoms with E-state index in [1.54, 1.807) is 11.3 Å². The summed E-state index contributed by atoms with van der Waals surface area (Å²) in [4.78, 5) is 10.2. The van der Waals surface area contributed by atoms with Crippen molar-refractivity contribution < 1.29 is 0 Å². The highest BCUT2D eigenvalue weighted by Gasteiger charge is 2.12. The Morgan fingerprint density at radius 3 is 2.73 bits per heavy atom. The number of hydrogen-bond acceptors (Lipinski definition) is 3. The largest absolute Gasteiger partial charge is 0.357 e. The van der Waals surface area contributed by atoms with Gasteiger partial charge in [0.15, 0.2) is 5.96 Å². The number of nitrogens with one attached hydrogen (secondary N) is 2. The molecule has 0 amide bonds. The average molecular weight is 436 g/mol. The molecule has 0 radical (unpaired) electrons. The van der Waals surface area contributed by atoms with Gasteiger partial charge in [0, 0.05) is 24.2 Å². The molecular weight excluding hydrogens is 407 g/mol. The van der Waals surface area contributed by atoms with E-state index in [0.29, 0.717) is 6.54 Å². The zero-order chi connectivity index (χ0) is 14.9. The van der Waals surface area contributed by atoms with Crippen LogP contribution in [0.15, 0.2) is 11.2 Å². The maximum atomic E-state index is 4.62. The van der Waals surface area contributed by atoms with Gasteiger partial charge < -0.3 is 10.6 Å². The fourth-order valence-corrected chi connectivity index (χ4v) is 3.55. The molecule has 1 saturated carbocycles. The minimum Gasteiger partial charge on any atom is -0.357 e. The Hall–Kier alpha value is -0.370. The molecular formula is C16H29IN4S. The summed E-state index contributed by atoms with van der Waals surface area (Å²) in [6, 6.07) is 0. The van der Waals surface area contributed by atoms with Gasteiger partial charge in [-0.3, -0.25) is 0 Å². The van der Waals surface area contributed by atoms with Crippen LogP contribution in [-0.2, 0) is 6.54 Å². The van der Waals surface area contributed by atoms with Gasteiger partial charge in [-0.25, -0.2) is 9.98 Å². The Balaban J connectivity index is 0.00000242. The molecule has 1 aliphatic carbocycles. The Morgan fingerprint density at radius 1 is 1.32 bits per heavy atom. The Kier molecular flexibility index (Phi) is 10.0. The third-order valence-electron chi connectivity index (χ3n) is 3.96. The summed E-state index contributed by atoms with van der Waals surface area (Å²) in [5, 5.41) is 7.85. The van der Waals surface area contributed by atoms with Gasteiger partial charge in [-0.05, 0) is 26.2 Å². The van der Waals surface area contributed by atoms with Crippen molar-refractivity contribution in [2.24, 2.45) is 10.9 Å². The fraction of sp³-hybridized carbons (Fsp3) is 0.750. The third-order valence-corrected chi connectivity index (χ3v) is 4.85. The summed E-state index contributed by atoms with van der Waals surface area (Å²) in [6.07, 6.45) is 10.3. The van der Waals surface area contributed by atoms with Gasteiger partial charge in [-0.2, -0.15) is 0 Å². The number of thiazole rings is 1. The summed E-state index contributed by atoms with van der Waals surface area (Å²) < 4.78 is 0. The molecule has 1 heterocycles. The number of aliphatic imine (C=N–C) groups is 1. The van der Waals surface area contributed by atoms with E-state index in [0.717, 1.165) is 30.0 Å². The lowest BCUT2D eigenvalue weighted by Crippen LogP contribution is -2.38. The second-order valence-electron chi connectivity index (χ2n) is 5.78. The highest BCUT2D eigenvalue weighted by molar-refractivity contribution is 14.0. The first-order valence-electron chi connectivity index (χ1n) is 8.21.